The Morgan fingerprint density at radius 2 is 2.08 bits per heavy atom. The number of carbonyl (C=O) groups is 1. The van der Waals surface area contributed by atoms with E-state index in [0.717, 1.165) is 16.8 Å². The van der Waals surface area contributed by atoms with E-state index < -0.39 is 0 Å². The average Bonchev–Trinajstić information content (AvgIpc) is 3.02. The Bertz CT molecular complexity index is 913. The number of nitrogens with zero attached hydrogens (tertiary/aromatic N) is 1. The first-order valence-corrected chi connectivity index (χ1v) is 8.75. The molecule has 0 atom stereocenters. The Hall–Kier alpha value is -2.38. The lowest BCUT2D eigenvalue weighted by atomic mass is 10.3. The molecule has 8 heteroatoms. The van der Waals surface area contributed by atoms with Crippen LogP contribution in [0.5, 0.6) is 11.5 Å². The van der Waals surface area contributed by atoms with E-state index in [1.54, 1.807) is 25.3 Å². The highest BCUT2D eigenvalue weighted by atomic mass is 35.5. The van der Waals surface area contributed by atoms with Crippen molar-refractivity contribution >= 4 is 46.0 Å². The van der Waals surface area contributed by atoms with E-state index in [1.807, 2.05) is 18.2 Å². The van der Waals surface area contributed by atoms with Crippen molar-refractivity contribution in [3.05, 3.63) is 41.4 Å². The fourth-order valence-corrected chi connectivity index (χ4v) is 3.12. The van der Waals surface area contributed by atoms with Crippen LogP contribution in [0.1, 0.15) is 0 Å². The van der Waals surface area contributed by atoms with Crippen LogP contribution < -0.4 is 14.8 Å². The van der Waals surface area contributed by atoms with Crippen molar-refractivity contribution < 1.29 is 14.3 Å². The van der Waals surface area contributed by atoms with E-state index in [0.29, 0.717) is 21.6 Å². The molecule has 0 spiro atoms. The highest BCUT2D eigenvalue weighted by Gasteiger charge is 2.11. The van der Waals surface area contributed by atoms with Gasteiger partial charge in [-0.3, -0.25) is 4.79 Å². The molecule has 1 amide bonds. The second-order valence-electron chi connectivity index (χ2n) is 5.11. The van der Waals surface area contributed by atoms with Gasteiger partial charge in [-0.1, -0.05) is 23.4 Å². The largest absolute Gasteiger partial charge is 0.497 e. The standard InChI is InChI=1S/C17H16ClN3O3S/c1-23-11-4-5-12-13(8-11)21-17(20-12)25-9-16(22)19-14-7-10(18)3-6-15(14)24-2/h3-8H,9H2,1-2H3,(H,19,22)(H,20,21). The van der Waals surface area contributed by atoms with Crippen molar-refractivity contribution in [3.8, 4) is 11.5 Å². The van der Waals surface area contributed by atoms with Gasteiger partial charge in [0, 0.05) is 11.1 Å². The molecular weight excluding hydrogens is 362 g/mol. The van der Waals surface area contributed by atoms with Crippen LogP contribution >= 0.6 is 23.4 Å². The van der Waals surface area contributed by atoms with Gasteiger partial charge in [-0.05, 0) is 30.3 Å². The number of halogens is 1. The first-order chi connectivity index (χ1) is 12.1. The molecule has 3 rings (SSSR count). The van der Waals surface area contributed by atoms with Crippen LogP contribution in [0.3, 0.4) is 0 Å². The van der Waals surface area contributed by atoms with Gasteiger partial charge >= 0.3 is 0 Å². The van der Waals surface area contributed by atoms with Crippen LogP contribution in [0.2, 0.25) is 5.02 Å². The number of thioether (sulfide) groups is 1. The predicted molar refractivity (Wildman–Crippen MR) is 100 cm³/mol. The van der Waals surface area contributed by atoms with Crippen molar-refractivity contribution in [2.75, 3.05) is 25.3 Å². The summed E-state index contributed by atoms with van der Waals surface area (Å²) in [5.74, 6) is 1.33. The topological polar surface area (TPSA) is 76.2 Å². The highest BCUT2D eigenvalue weighted by molar-refractivity contribution is 7.99. The molecule has 0 radical (unpaired) electrons. The Morgan fingerprint density at radius 3 is 2.84 bits per heavy atom. The number of ether oxygens (including phenoxy) is 2. The van der Waals surface area contributed by atoms with E-state index >= 15 is 0 Å². The third-order valence-corrected chi connectivity index (χ3v) is 4.55. The zero-order valence-electron chi connectivity index (χ0n) is 13.6. The number of imidazole rings is 1. The molecule has 0 aliphatic heterocycles. The molecule has 1 heterocycles. The summed E-state index contributed by atoms with van der Waals surface area (Å²) in [4.78, 5) is 19.8. The lowest BCUT2D eigenvalue weighted by molar-refractivity contribution is -0.113. The first kappa shape index (κ1) is 17.4. The third kappa shape index (κ3) is 4.18. The predicted octanol–water partition coefficient (Wildman–Crippen LogP) is 3.96. The number of aromatic amines is 1. The lowest BCUT2D eigenvalue weighted by Gasteiger charge is -2.10. The molecule has 0 aliphatic carbocycles. The Kier molecular flexibility index (Phi) is 5.35. The summed E-state index contributed by atoms with van der Waals surface area (Å²) in [6.07, 6.45) is 0. The fourth-order valence-electron chi connectivity index (χ4n) is 2.26. The number of hydrogen-bond acceptors (Lipinski definition) is 5. The fraction of sp³-hybridized carbons (Fsp3) is 0.176. The maximum absolute atomic E-state index is 12.2. The summed E-state index contributed by atoms with van der Waals surface area (Å²) in [6, 6.07) is 10.6. The smallest absolute Gasteiger partial charge is 0.234 e. The zero-order valence-corrected chi connectivity index (χ0v) is 15.2. The van der Waals surface area contributed by atoms with Gasteiger partial charge in [-0.25, -0.2) is 4.98 Å². The van der Waals surface area contributed by atoms with Crippen LogP contribution in [0, 0.1) is 0 Å². The first-order valence-electron chi connectivity index (χ1n) is 7.39. The number of anilines is 1. The van der Waals surface area contributed by atoms with Crippen LogP contribution in [0.4, 0.5) is 5.69 Å². The van der Waals surface area contributed by atoms with E-state index in [4.69, 9.17) is 21.1 Å². The average molecular weight is 378 g/mol. The molecule has 0 fully saturated rings. The van der Waals surface area contributed by atoms with Crippen molar-refractivity contribution in [3.63, 3.8) is 0 Å². The third-order valence-electron chi connectivity index (χ3n) is 3.44. The molecule has 2 N–H and O–H groups in total. The minimum absolute atomic E-state index is 0.177. The van der Waals surface area contributed by atoms with E-state index in [-0.39, 0.29) is 11.7 Å². The quantitative estimate of drug-likeness (QED) is 0.636. The van der Waals surface area contributed by atoms with Gasteiger partial charge < -0.3 is 19.8 Å². The van der Waals surface area contributed by atoms with E-state index in [1.165, 1.54) is 18.9 Å². The number of hydrogen-bond donors (Lipinski definition) is 2. The van der Waals surface area contributed by atoms with Gasteiger partial charge in [-0.15, -0.1) is 0 Å². The summed E-state index contributed by atoms with van der Waals surface area (Å²) in [6.45, 7) is 0. The molecule has 1 aromatic heterocycles. The number of rotatable bonds is 6. The molecular formula is C17H16ClN3O3S. The molecule has 0 aliphatic rings. The lowest BCUT2D eigenvalue weighted by Crippen LogP contribution is -2.14. The van der Waals surface area contributed by atoms with Crippen molar-refractivity contribution in [1.29, 1.82) is 0 Å². The Balaban J connectivity index is 1.65. The molecule has 0 bridgehead atoms. The van der Waals surface area contributed by atoms with Gasteiger partial charge in [0.2, 0.25) is 5.91 Å². The van der Waals surface area contributed by atoms with Crippen LogP contribution in [-0.2, 0) is 4.79 Å². The molecule has 0 unspecified atom stereocenters. The molecule has 130 valence electrons. The molecule has 2 aromatic carbocycles. The van der Waals surface area contributed by atoms with Crippen LogP contribution in [0.25, 0.3) is 11.0 Å². The maximum atomic E-state index is 12.2. The van der Waals surface area contributed by atoms with Crippen molar-refractivity contribution in [2.24, 2.45) is 0 Å². The number of nitrogens with one attached hydrogen (secondary N) is 2. The van der Waals surface area contributed by atoms with Gasteiger partial charge in [0.25, 0.3) is 0 Å². The summed E-state index contributed by atoms with van der Waals surface area (Å²) in [5, 5.41) is 3.98. The van der Waals surface area contributed by atoms with E-state index in [9.17, 15) is 4.79 Å². The van der Waals surface area contributed by atoms with Gasteiger partial charge in [0.15, 0.2) is 5.16 Å². The maximum Gasteiger partial charge on any atom is 0.234 e. The summed E-state index contributed by atoms with van der Waals surface area (Å²) in [5.41, 5.74) is 2.22. The number of benzene rings is 2. The van der Waals surface area contributed by atoms with Crippen LogP contribution in [0.15, 0.2) is 41.6 Å². The Labute approximate surface area is 153 Å². The monoisotopic (exact) mass is 377 g/mol. The number of H-pyrrole nitrogens is 1. The number of aromatic nitrogens is 2. The summed E-state index contributed by atoms with van der Waals surface area (Å²) in [7, 11) is 3.15. The summed E-state index contributed by atoms with van der Waals surface area (Å²) >= 11 is 7.27. The van der Waals surface area contributed by atoms with Crippen LogP contribution in [-0.4, -0.2) is 35.8 Å². The highest BCUT2D eigenvalue weighted by Crippen LogP contribution is 2.28. The molecule has 0 saturated heterocycles. The molecule has 6 nitrogen and oxygen atoms in total. The number of fused-ring (bicyclic) bond motifs is 1. The molecule has 25 heavy (non-hydrogen) atoms. The van der Waals surface area contributed by atoms with Gasteiger partial charge in [0.1, 0.15) is 11.5 Å². The Morgan fingerprint density at radius 1 is 1.24 bits per heavy atom. The SMILES string of the molecule is COc1ccc2nc(SCC(=O)Nc3cc(Cl)ccc3OC)[nH]c2c1. The van der Waals surface area contributed by atoms with E-state index in [2.05, 4.69) is 15.3 Å². The van der Waals surface area contributed by atoms with Gasteiger partial charge in [0.05, 0.1) is 36.7 Å². The summed E-state index contributed by atoms with van der Waals surface area (Å²) < 4.78 is 10.4. The van der Waals surface area contributed by atoms with Gasteiger partial charge in [-0.2, -0.15) is 0 Å². The minimum atomic E-state index is -0.177. The van der Waals surface area contributed by atoms with Crippen molar-refractivity contribution in [1.82, 2.24) is 9.97 Å². The normalized spacial score (nSPS) is 10.7. The minimum Gasteiger partial charge on any atom is -0.497 e. The van der Waals surface area contributed by atoms with Crippen molar-refractivity contribution in [2.45, 2.75) is 5.16 Å². The molecule has 0 saturated carbocycles. The number of carbonyl (C=O) groups excluding carboxylic acids is 1. The number of methoxy groups -OCH3 is 2. The molecule has 3 aromatic rings. The second kappa shape index (κ2) is 7.67. The number of amides is 1. The second-order valence-corrected chi connectivity index (χ2v) is 6.51. The zero-order chi connectivity index (χ0) is 17.8.